The number of alkyl halides is 1. The molecule has 0 radical (unpaired) electrons. The molecule has 5 heteroatoms. The predicted octanol–water partition coefficient (Wildman–Crippen LogP) is 4.60. The molecule has 0 saturated heterocycles. The number of nitriles is 1. The number of benzene rings is 1. The zero-order valence-corrected chi connectivity index (χ0v) is 28.7. The number of carbonyl (C=O) groups excluding carboxylic acids is 1. The zero-order valence-electron chi connectivity index (χ0n) is 26.5. The molecule has 0 heterocycles. The minimum atomic E-state index is -0.255. The Hall–Kier alpha value is -1.39. The summed E-state index contributed by atoms with van der Waals surface area (Å²) >= 11 is -0.154. The van der Waals surface area contributed by atoms with Crippen LogP contribution in [0.1, 0.15) is 110 Å². The molecule has 0 aromatic heterocycles. The van der Waals surface area contributed by atoms with E-state index < -0.39 is 0 Å². The van der Waals surface area contributed by atoms with Crippen molar-refractivity contribution in [1.29, 1.82) is 5.26 Å². The molecule has 10 unspecified atom stereocenters. The summed E-state index contributed by atoms with van der Waals surface area (Å²) in [5, 5.41) is 23.7. The van der Waals surface area contributed by atoms with E-state index in [0.29, 0.717) is 56.5 Å². The topological polar surface area (TPSA) is 73.1 Å². The van der Waals surface area contributed by atoms with Gasteiger partial charge in [-0.3, -0.25) is 0 Å². The average Bonchev–Trinajstić information content (AvgIpc) is 3.33. The molecule has 1 aromatic rings. The van der Waals surface area contributed by atoms with Gasteiger partial charge in [-0.2, -0.15) is 0 Å². The van der Waals surface area contributed by atoms with Crippen LogP contribution in [0.5, 0.6) is 0 Å². The normalized spacial score (nSPS) is 43.7. The second-order valence-corrected chi connectivity index (χ2v) is 20.0. The van der Waals surface area contributed by atoms with Crippen molar-refractivity contribution < 1.29 is 31.1 Å². The van der Waals surface area contributed by atoms with Crippen molar-refractivity contribution in [3.63, 3.8) is 0 Å². The van der Waals surface area contributed by atoms with Crippen molar-refractivity contribution in [2.75, 3.05) is 0 Å². The molecule has 0 bridgehead atoms. The van der Waals surface area contributed by atoms with E-state index >= 15 is 0 Å². The van der Waals surface area contributed by atoms with E-state index in [2.05, 4.69) is 52.6 Å². The third kappa shape index (κ3) is 4.63. The van der Waals surface area contributed by atoms with Crippen molar-refractivity contribution in [1.82, 2.24) is 5.32 Å². The number of allylic oxidation sites excluding steroid dienone is 1. The van der Waals surface area contributed by atoms with E-state index in [0.717, 1.165) is 31.2 Å². The molecule has 5 saturated carbocycles. The van der Waals surface area contributed by atoms with Gasteiger partial charge in [0.05, 0.1) is 0 Å². The number of aliphatic hydroxyl groups is 1. The summed E-state index contributed by atoms with van der Waals surface area (Å²) in [5.41, 5.74) is 2.00. The molecule has 5 aliphatic carbocycles. The Morgan fingerprint density at radius 2 is 1.76 bits per heavy atom. The zero-order chi connectivity index (χ0) is 30.1. The van der Waals surface area contributed by atoms with Crippen LogP contribution in [0, 0.1) is 62.6 Å². The van der Waals surface area contributed by atoms with Crippen LogP contribution in [0.15, 0.2) is 34.4 Å². The summed E-state index contributed by atoms with van der Waals surface area (Å²) in [6, 6.07) is 9.89. The first kappa shape index (κ1) is 30.6. The SMILES string of the molecule is C=C(C)[I-]C1CCC2(C(=O)NCc3cccc(C#N)c3)CCC3C(CCC4C3(C)CCC3C(C)(C)C(O)CCC34C)C12. The molecule has 1 aromatic carbocycles. The standard InChI is InChI=1S/C37H52IN2O2/c1-23(2)38-28-13-19-37(33(42)40-22-25-9-7-8-24(20-25)21-39)18-12-27-26(32(28)37)10-11-30-35(27,5)16-14-29-34(3,4)31(41)15-17-36(29,30)6/h7-9,20,26-32,41H,1,10-19,22H2,2-6H3,(H,40,42)/q-1. The first-order valence-corrected chi connectivity index (χ1v) is 18.9. The fraction of sp³-hybridized carbons (Fsp3) is 0.730. The summed E-state index contributed by atoms with van der Waals surface area (Å²) in [6.45, 7) is 17.0. The number of nitrogens with zero attached hydrogens (tertiary/aromatic N) is 1. The van der Waals surface area contributed by atoms with E-state index in [9.17, 15) is 15.2 Å². The van der Waals surface area contributed by atoms with Gasteiger partial charge in [0.1, 0.15) is 0 Å². The van der Waals surface area contributed by atoms with Crippen LogP contribution in [0.3, 0.4) is 0 Å². The molecule has 6 rings (SSSR count). The molecular weight excluding hydrogens is 631 g/mol. The number of aliphatic hydroxyl groups excluding tert-OH is 1. The molecule has 5 aliphatic rings. The number of halogens is 1. The summed E-state index contributed by atoms with van der Waals surface area (Å²) in [4.78, 5) is 14.3. The summed E-state index contributed by atoms with van der Waals surface area (Å²) < 4.78 is 2.01. The van der Waals surface area contributed by atoms with Crippen LogP contribution < -0.4 is 26.5 Å². The van der Waals surface area contributed by atoms with E-state index in [-0.39, 0.29) is 44.0 Å². The van der Waals surface area contributed by atoms with Crippen molar-refractivity contribution in [3.05, 3.63) is 45.6 Å². The Morgan fingerprint density at radius 1 is 1.02 bits per heavy atom. The van der Waals surface area contributed by atoms with Gasteiger partial charge in [0.2, 0.25) is 0 Å². The average molecular weight is 684 g/mol. The summed E-state index contributed by atoms with van der Waals surface area (Å²) in [5.74, 6) is 3.36. The van der Waals surface area contributed by atoms with Gasteiger partial charge in [0.25, 0.3) is 0 Å². The number of carbonyl (C=O) groups is 1. The van der Waals surface area contributed by atoms with Crippen LogP contribution in [0.2, 0.25) is 0 Å². The Balaban J connectivity index is 1.29. The Labute approximate surface area is 264 Å². The second-order valence-electron chi connectivity index (χ2n) is 15.9. The molecule has 1 amide bonds. The van der Waals surface area contributed by atoms with Crippen molar-refractivity contribution in [3.8, 4) is 6.07 Å². The van der Waals surface area contributed by atoms with Crippen molar-refractivity contribution in [2.45, 2.75) is 115 Å². The molecule has 42 heavy (non-hydrogen) atoms. The Kier molecular flexibility index (Phi) is 7.95. The number of rotatable bonds is 5. The molecule has 4 nitrogen and oxygen atoms in total. The van der Waals surface area contributed by atoms with Gasteiger partial charge in [-0.05, 0) is 0 Å². The fourth-order valence-electron chi connectivity index (χ4n) is 12.0. The second kappa shape index (κ2) is 10.9. The maximum atomic E-state index is 14.3. The maximum absolute atomic E-state index is 14.3. The molecule has 2 N–H and O–H groups in total. The van der Waals surface area contributed by atoms with Gasteiger partial charge in [0, 0.05) is 0 Å². The molecule has 10 atom stereocenters. The molecule has 5 fully saturated rings. The van der Waals surface area contributed by atoms with Gasteiger partial charge in [-0.1, -0.05) is 0 Å². The third-order valence-electron chi connectivity index (χ3n) is 13.8. The van der Waals surface area contributed by atoms with Crippen molar-refractivity contribution >= 4 is 5.91 Å². The number of hydrogen-bond acceptors (Lipinski definition) is 3. The van der Waals surface area contributed by atoms with Gasteiger partial charge in [0.15, 0.2) is 0 Å². The number of amides is 1. The first-order valence-electron chi connectivity index (χ1n) is 16.6. The third-order valence-corrected chi connectivity index (χ3v) is 17.0. The van der Waals surface area contributed by atoms with Gasteiger partial charge in [-0.25, -0.2) is 0 Å². The van der Waals surface area contributed by atoms with E-state index in [1.807, 2.05) is 24.3 Å². The van der Waals surface area contributed by atoms with Gasteiger partial charge < -0.3 is 0 Å². The number of hydrogen-bond donors (Lipinski definition) is 2. The van der Waals surface area contributed by atoms with Gasteiger partial charge in [-0.15, -0.1) is 0 Å². The van der Waals surface area contributed by atoms with E-state index in [1.54, 1.807) is 0 Å². The number of nitrogens with one attached hydrogen (secondary N) is 1. The van der Waals surface area contributed by atoms with Crippen LogP contribution in [-0.4, -0.2) is 21.0 Å². The Morgan fingerprint density at radius 3 is 2.50 bits per heavy atom. The van der Waals surface area contributed by atoms with Crippen molar-refractivity contribution in [2.24, 2.45) is 51.2 Å². The van der Waals surface area contributed by atoms with E-state index in [4.69, 9.17) is 0 Å². The molecule has 0 aliphatic heterocycles. The molecule has 0 spiro atoms. The van der Waals surface area contributed by atoms with Crippen LogP contribution >= 0.6 is 0 Å². The van der Waals surface area contributed by atoms with E-state index in [1.165, 1.54) is 42.1 Å². The summed E-state index contributed by atoms with van der Waals surface area (Å²) in [7, 11) is 0. The fourth-order valence-corrected chi connectivity index (χ4v) is 15.6. The number of fused-ring (bicyclic) bond motifs is 7. The predicted molar refractivity (Wildman–Crippen MR) is 164 cm³/mol. The summed E-state index contributed by atoms with van der Waals surface area (Å²) in [6.07, 6.45) is 11.4. The first-order chi connectivity index (χ1) is 19.9. The van der Waals surface area contributed by atoms with Crippen LogP contribution in [0.4, 0.5) is 0 Å². The van der Waals surface area contributed by atoms with Gasteiger partial charge >= 0.3 is 266 Å². The Bertz CT molecular complexity index is 1280. The quantitative estimate of drug-likeness (QED) is 0.352. The van der Waals surface area contributed by atoms with Crippen LogP contribution in [0.25, 0.3) is 0 Å². The van der Waals surface area contributed by atoms with Crippen LogP contribution in [-0.2, 0) is 11.3 Å². The monoisotopic (exact) mass is 683 g/mol. The molecule has 230 valence electrons. The minimum absolute atomic E-state index is 0.0137. The molecular formula is C37H52IN2O2-.